The lowest BCUT2D eigenvalue weighted by Crippen LogP contribution is -2.34. The highest BCUT2D eigenvalue weighted by Crippen LogP contribution is 2.20. The fourth-order valence-electron chi connectivity index (χ4n) is 2.38. The molecule has 0 saturated carbocycles. The Bertz CT molecular complexity index is 559. The summed E-state index contributed by atoms with van der Waals surface area (Å²) >= 11 is 0. The van der Waals surface area contributed by atoms with Crippen LogP contribution in [0.3, 0.4) is 0 Å². The van der Waals surface area contributed by atoms with E-state index in [1.54, 1.807) is 4.90 Å². The summed E-state index contributed by atoms with van der Waals surface area (Å²) in [5.74, 6) is -1.82. The summed E-state index contributed by atoms with van der Waals surface area (Å²) in [5, 5.41) is 0. The van der Waals surface area contributed by atoms with Gasteiger partial charge in [0.25, 0.3) is 5.91 Å². The summed E-state index contributed by atoms with van der Waals surface area (Å²) in [6, 6.07) is 9.84. The Hall–Kier alpha value is -2.37. The zero-order chi connectivity index (χ0) is 16.1. The third-order valence-electron chi connectivity index (χ3n) is 3.75. The number of likely N-dealkylation sites (tertiary alicyclic amines) is 1. The van der Waals surface area contributed by atoms with Gasteiger partial charge in [-0.2, -0.15) is 0 Å². The van der Waals surface area contributed by atoms with Crippen LogP contribution in [-0.2, 0) is 25.5 Å². The molecule has 6 nitrogen and oxygen atoms in total. The standard InChI is InChI=1S/C16H20N2O4/c1-11(15(17)20)22-16(21)13-9-14(19)18(10-13)8-7-12-5-3-2-4-6-12/h2-6,11,13H,7-10H2,1H3,(H2,17,20)/t11-,13+/m1/s1. The molecule has 118 valence electrons. The van der Waals surface area contributed by atoms with E-state index < -0.39 is 23.9 Å². The molecule has 1 aliphatic rings. The van der Waals surface area contributed by atoms with Gasteiger partial charge in [-0.05, 0) is 18.9 Å². The molecule has 1 aromatic carbocycles. The summed E-state index contributed by atoms with van der Waals surface area (Å²) in [6.07, 6.45) is -0.105. The zero-order valence-electron chi connectivity index (χ0n) is 12.5. The molecule has 2 amide bonds. The highest BCUT2D eigenvalue weighted by Gasteiger charge is 2.36. The van der Waals surface area contributed by atoms with E-state index in [2.05, 4.69) is 0 Å². The molecule has 0 unspecified atom stereocenters. The molecular formula is C16H20N2O4. The second kappa shape index (κ2) is 7.06. The zero-order valence-corrected chi connectivity index (χ0v) is 12.5. The summed E-state index contributed by atoms with van der Waals surface area (Å²) in [5.41, 5.74) is 6.20. The van der Waals surface area contributed by atoms with Crippen LogP contribution in [0, 0.1) is 5.92 Å². The van der Waals surface area contributed by atoms with Gasteiger partial charge in [-0.15, -0.1) is 0 Å². The van der Waals surface area contributed by atoms with Crippen molar-refractivity contribution in [3.05, 3.63) is 35.9 Å². The molecule has 0 radical (unpaired) electrons. The monoisotopic (exact) mass is 304 g/mol. The van der Waals surface area contributed by atoms with Gasteiger partial charge in [0.05, 0.1) is 5.92 Å². The van der Waals surface area contributed by atoms with Crippen molar-refractivity contribution in [3.63, 3.8) is 0 Å². The predicted octanol–water partition coefficient (Wildman–Crippen LogP) is 0.495. The number of carbonyl (C=O) groups excluding carboxylic acids is 3. The third kappa shape index (κ3) is 4.07. The SMILES string of the molecule is C[C@@H](OC(=O)[C@H]1CC(=O)N(CCc2ccccc2)C1)C(N)=O. The molecule has 2 rings (SSSR count). The number of nitrogens with zero attached hydrogens (tertiary/aromatic N) is 1. The van der Waals surface area contributed by atoms with E-state index in [9.17, 15) is 14.4 Å². The second-order valence-corrected chi connectivity index (χ2v) is 5.46. The van der Waals surface area contributed by atoms with Crippen molar-refractivity contribution in [1.82, 2.24) is 4.90 Å². The fraction of sp³-hybridized carbons (Fsp3) is 0.438. The number of nitrogens with two attached hydrogens (primary N) is 1. The molecule has 1 saturated heterocycles. The Morgan fingerprint density at radius 1 is 1.36 bits per heavy atom. The van der Waals surface area contributed by atoms with Gasteiger partial charge in [-0.3, -0.25) is 14.4 Å². The molecule has 1 aliphatic heterocycles. The highest BCUT2D eigenvalue weighted by molar-refractivity contribution is 5.88. The normalized spacial score (nSPS) is 19.0. The van der Waals surface area contributed by atoms with Gasteiger partial charge in [0.15, 0.2) is 6.10 Å². The van der Waals surface area contributed by atoms with Crippen LogP contribution >= 0.6 is 0 Å². The van der Waals surface area contributed by atoms with Gasteiger partial charge in [-0.25, -0.2) is 0 Å². The minimum atomic E-state index is -0.971. The van der Waals surface area contributed by atoms with E-state index in [1.165, 1.54) is 6.92 Å². The highest BCUT2D eigenvalue weighted by atomic mass is 16.5. The van der Waals surface area contributed by atoms with Gasteiger partial charge >= 0.3 is 5.97 Å². The molecule has 1 aromatic rings. The largest absolute Gasteiger partial charge is 0.452 e. The van der Waals surface area contributed by atoms with Crippen LogP contribution in [0.1, 0.15) is 18.9 Å². The quantitative estimate of drug-likeness (QED) is 0.775. The van der Waals surface area contributed by atoms with E-state index in [0.717, 1.165) is 12.0 Å². The summed E-state index contributed by atoms with van der Waals surface area (Å²) in [7, 11) is 0. The minimum absolute atomic E-state index is 0.0652. The number of carbonyl (C=O) groups is 3. The molecular weight excluding hydrogens is 284 g/mol. The van der Waals surface area contributed by atoms with Gasteiger partial charge < -0.3 is 15.4 Å². The first-order valence-electron chi connectivity index (χ1n) is 7.29. The second-order valence-electron chi connectivity index (χ2n) is 5.46. The van der Waals surface area contributed by atoms with Crippen LogP contribution in [0.4, 0.5) is 0 Å². The lowest BCUT2D eigenvalue weighted by molar-refractivity contribution is -0.157. The van der Waals surface area contributed by atoms with E-state index in [4.69, 9.17) is 10.5 Å². The maximum atomic E-state index is 12.0. The van der Waals surface area contributed by atoms with Gasteiger partial charge in [0.2, 0.25) is 5.91 Å². The number of ether oxygens (including phenoxy) is 1. The van der Waals surface area contributed by atoms with Crippen LogP contribution in [0.15, 0.2) is 30.3 Å². The summed E-state index contributed by atoms with van der Waals surface area (Å²) in [4.78, 5) is 36.4. The first-order chi connectivity index (χ1) is 10.5. The van der Waals surface area contributed by atoms with Gasteiger partial charge in [0.1, 0.15) is 0 Å². The fourth-order valence-corrected chi connectivity index (χ4v) is 2.38. The maximum absolute atomic E-state index is 12.0. The lowest BCUT2D eigenvalue weighted by atomic mass is 10.1. The molecule has 2 N–H and O–H groups in total. The van der Waals surface area contributed by atoms with Gasteiger partial charge in [0, 0.05) is 19.5 Å². The molecule has 0 spiro atoms. The Morgan fingerprint density at radius 3 is 2.68 bits per heavy atom. The number of esters is 1. The minimum Gasteiger partial charge on any atom is -0.452 e. The first kappa shape index (κ1) is 16.0. The molecule has 2 atom stereocenters. The molecule has 6 heteroatoms. The molecule has 22 heavy (non-hydrogen) atoms. The lowest BCUT2D eigenvalue weighted by Gasteiger charge is -2.17. The smallest absolute Gasteiger partial charge is 0.312 e. The maximum Gasteiger partial charge on any atom is 0.312 e. The van der Waals surface area contributed by atoms with E-state index in [0.29, 0.717) is 13.1 Å². The van der Waals surface area contributed by atoms with Crippen LogP contribution in [0.25, 0.3) is 0 Å². The van der Waals surface area contributed by atoms with Crippen molar-refractivity contribution in [2.24, 2.45) is 11.7 Å². The van der Waals surface area contributed by atoms with Crippen molar-refractivity contribution in [2.45, 2.75) is 25.9 Å². The molecule has 0 bridgehead atoms. The predicted molar refractivity (Wildman–Crippen MR) is 79.6 cm³/mol. The summed E-state index contributed by atoms with van der Waals surface area (Å²) < 4.78 is 4.96. The van der Waals surface area contributed by atoms with E-state index in [-0.39, 0.29) is 12.3 Å². The van der Waals surface area contributed by atoms with E-state index in [1.807, 2.05) is 30.3 Å². The molecule has 1 fully saturated rings. The van der Waals surface area contributed by atoms with Crippen LogP contribution in [0.5, 0.6) is 0 Å². The van der Waals surface area contributed by atoms with Crippen LogP contribution in [-0.4, -0.2) is 41.9 Å². The Labute approximate surface area is 129 Å². The number of benzene rings is 1. The number of hydrogen-bond acceptors (Lipinski definition) is 4. The number of hydrogen-bond donors (Lipinski definition) is 1. The Balaban J connectivity index is 1.85. The van der Waals surface area contributed by atoms with Gasteiger partial charge in [-0.1, -0.05) is 30.3 Å². The van der Waals surface area contributed by atoms with Crippen molar-refractivity contribution >= 4 is 17.8 Å². The average molecular weight is 304 g/mol. The van der Waals surface area contributed by atoms with Crippen molar-refractivity contribution in [1.29, 1.82) is 0 Å². The van der Waals surface area contributed by atoms with Crippen LogP contribution in [0.2, 0.25) is 0 Å². The van der Waals surface area contributed by atoms with Crippen molar-refractivity contribution in [3.8, 4) is 0 Å². The molecule has 0 aliphatic carbocycles. The Morgan fingerprint density at radius 2 is 2.05 bits per heavy atom. The van der Waals surface area contributed by atoms with Crippen molar-refractivity contribution in [2.75, 3.05) is 13.1 Å². The number of rotatable bonds is 6. The van der Waals surface area contributed by atoms with Crippen LogP contribution < -0.4 is 5.73 Å². The molecule has 0 aromatic heterocycles. The van der Waals surface area contributed by atoms with E-state index >= 15 is 0 Å². The average Bonchev–Trinajstić information content (AvgIpc) is 2.87. The number of primary amides is 1. The van der Waals surface area contributed by atoms with Crippen molar-refractivity contribution < 1.29 is 19.1 Å². The summed E-state index contributed by atoms with van der Waals surface area (Å²) in [6.45, 7) is 2.32. The number of amides is 2. The molecule has 1 heterocycles. The topological polar surface area (TPSA) is 89.7 Å². The third-order valence-corrected chi connectivity index (χ3v) is 3.75. The first-order valence-corrected chi connectivity index (χ1v) is 7.29. The Kier molecular flexibility index (Phi) is 5.14.